The predicted octanol–water partition coefficient (Wildman–Crippen LogP) is 3.62. The van der Waals surface area contributed by atoms with Gasteiger partial charge in [0.15, 0.2) is 0 Å². The largest absolute Gasteiger partial charge is 0.322 e. The molecule has 0 fully saturated rings. The minimum Gasteiger partial charge on any atom is -0.322 e. The first-order valence-corrected chi connectivity index (χ1v) is 6.97. The van der Waals surface area contributed by atoms with Gasteiger partial charge in [0.1, 0.15) is 0 Å². The average Bonchev–Trinajstić information content (AvgIpc) is 2.54. The van der Waals surface area contributed by atoms with Crippen LogP contribution in [0.15, 0.2) is 54.9 Å². The Labute approximate surface area is 126 Å². The molecule has 4 nitrogen and oxygen atoms in total. The van der Waals surface area contributed by atoms with Gasteiger partial charge in [0.05, 0.1) is 11.0 Å². The fraction of sp³-hybridized carbons (Fsp3) is 0.0625. The van der Waals surface area contributed by atoms with Gasteiger partial charge in [-0.2, -0.15) is 0 Å². The van der Waals surface area contributed by atoms with Gasteiger partial charge < -0.3 is 5.32 Å². The zero-order chi connectivity index (χ0) is 14.7. The molecule has 0 atom stereocenters. The van der Waals surface area contributed by atoms with Crippen molar-refractivity contribution in [3.05, 3.63) is 66.0 Å². The molecular weight excluding hydrogens is 286 g/mol. The molecule has 0 aliphatic heterocycles. The highest BCUT2D eigenvalue weighted by molar-refractivity contribution is 6.17. The molecule has 0 radical (unpaired) electrons. The molecule has 2 aromatic carbocycles. The Bertz CT molecular complexity index is 804. The highest BCUT2D eigenvalue weighted by atomic mass is 35.5. The van der Waals surface area contributed by atoms with Crippen LogP contribution in [0, 0.1) is 0 Å². The maximum Gasteiger partial charge on any atom is 0.255 e. The Hall–Kier alpha value is -2.46. The molecule has 0 saturated carbocycles. The van der Waals surface area contributed by atoms with Crippen LogP contribution in [-0.4, -0.2) is 15.9 Å². The molecule has 0 bridgehead atoms. The van der Waals surface area contributed by atoms with E-state index in [1.807, 2.05) is 24.3 Å². The molecule has 104 valence electrons. The van der Waals surface area contributed by atoms with E-state index in [-0.39, 0.29) is 5.91 Å². The number of nitrogens with zero attached hydrogens (tertiary/aromatic N) is 2. The molecule has 0 saturated heterocycles. The molecule has 0 unspecified atom stereocenters. The second-order valence-corrected chi connectivity index (χ2v) is 4.82. The summed E-state index contributed by atoms with van der Waals surface area (Å²) in [7, 11) is 0. The number of carbonyl (C=O) groups excluding carboxylic acids is 1. The maximum atomic E-state index is 12.3. The van der Waals surface area contributed by atoms with Crippen molar-refractivity contribution in [3.8, 4) is 0 Å². The van der Waals surface area contributed by atoms with Crippen LogP contribution in [0.5, 0.6) is 0 Å². The summed E-state index contributed by atoms with van der Waals surface area (Å²) in [5.74, 6) is 0.226. The second kappa shape index (κ2) is 5.89. The number of hydrogen-bond acceptors (Lipinski definition) is 3. The molecular formula is C16H12ClN3O. The monoisotopic (exact) mass is 297 g/mol. The molecule has 21 heavy (non-hydrogen) atoms. The lowest BCUT2D eigenvalue weighted by molar-refractivity contribution is 0.102. The summed E-state index contributed by atoms with van der Waals surface area (Å²) in [6.07, 6.45) is 3.23. The number of nitrogens with one attached hydrogen (secondary N) is 1. The van der Waals surface area contributed by atoms with Crippen molar-refractivity contribution in [2.24, 2.45) is 0 Å². The van der Waals surface area contributed by atoms with E-state index in [9.17, 15) is 4.79 Å². The van der Waals surface area contributed by atoms with Crippen LogP contribution in [0.1, 0.15) is 15.9 Å². The third kappa shape index (κ3) is 3.01. The van der Waals surface area contributed by atoms with E-state index < -0.39 is 0 Å². The highest BCUT2D eigenvalue weighted by Gasteiger charge is 2.08. The first-order chi connectivity index (χ1) is 10.3. The van der Waals surface area contributed by atoms with Crippen LogP contribution >= 0.6 is 11.6 Å². The van der Waals surface area contributed by atoms with Crippen molar-refractivity contribution in [2.45, 2.75) is 5.88 Å². The molecule has 1 amide bonds. The maximum absolute atomic E-state index is 12.3. The van der Waals surface area contributed by atoms with E-state index >= 15 is 0 Å². The van der Waals surface area contributed by atoms with E-state index in [1.54, 1.807) is 30.6 Å². The van der Waals surface area contributed by atoms with E-state index in [2.05, 4.69) is 15.3 Å². The van der Waals surface area contributed by atoms with Crippen LogP contribution in [0.3, 0.4) is 0 Å². The Morgan fingerprint density at radius 3 is 2.67 bits per heavy atom. The average molecular weight is 298 g/mol. The molecule has 0 aliphatic carbocycles. The Kier molecular flexibility index (Phi) is 3.79. The lowest BCUT2D eigenvalue weighted by Crippen LogP contribution is -2.12. The van der Waals surface area contributed by atoms with Gasteiger partial charge in [0, 0.05) is 29.5 Å². The van der Waals surface area contributed by atoms with E-state index in [4.69, 9.17) is 11.6 Å². The lowest BCUT2D eigenvalue weighted by Gasteiger charge is -2.07. The third-order valence-electron chi connectivity index (χ3n) is 3.07. The standard InChI is InChI=1S/C16H12ClN3O/c17-10-11-2-1-3-13(8-11)20-16(21)12-4-5-14-15(9-12)19-7-6-18-14/h1-9H,10H2,(H,20,21). The summed E-state index contributed by atoms with van der Waals surface area (Å²) in [6.45, 7) is 0. The smallest absolute Gasteiger partial charge is 0.255 e. The van der Waals surface area contributed by atoms with Gasteiger partial charge in [-0.05, 0) is 35.9 Å². The summed E-state index contributed by atoms with van der Waals surface area (Å²) >= 11 is 5.79. The quantitative estimate of drug-likeness (QED) is 0.751. The van der Waals surface area contributed by atoms with Crippen LogP contribution < -0.4 is 5.32 Å². The van der Waals surface area contributed by atoms with Gasteiger partial charge in [-0.3, -0.25) is 14.8 Å². The fourth-order valence-corrected chi connectivity index (χ4v) is 2.21. The van der Waals surface area contributed by atoms with Crippen molar-refractivity contribution in [2.75, 3.05) is 5.32 Å². The Balaban J connectivity index is 1.86. The predicted molar refractivity (Wildman–Crippen MR) is 83.5 cm³/mol. The van der Waals surface area contributed by atoms with E-state index in [0.29, 0.717) is 17.0 Å². The number of aromatic nitrogens is 2. The number of halogens is 1. The van der Waals surface area contributed by atoms with Gasteiger partial charge >= 0.3 is 0 Å². The molecule has 3 aromatic rings. The summed E-state index contributed by atoms with van der Waals surface area (Å²) < 4.78 is 0. The SMILES string of the molecule is O=C(Nc1cccc(CCl)c1)c1ccc2nccnc2c1. The van der Waals surface area contributed by atoms with Gasteiger partial charge in [-0.25, -0.2) is 0 Å². The number of fused-ring (bicyclic) bond motifs is 1. The first-order valence-electron chi connectivity index (χ1n) is 6.43. The van der Waals surface area contributed by atoms with Crippen molar-refractivity contribution in [3.63, 3.8) is 0 Å². The topological polar surface area (TPSA) is 54.9 Å². The van der Waals surface area contributed by atoms with Gasteiger partial charge in [0.25, 0.3) is 5.91 Å². The second-order valence-electron chi connectivity index (χ2n) is 4.55. The van der Waals surface area contributed by atoms with Crippen LogP contribution in [0.2, 0.25) is 0 Å². The summed E-state index contributed by atoms with van der Waals surface area (Å²) in [6, 6.07) is 12.7. The normalized spacial score (nSPS) is 10.5. The molecule has 0 aliphatic rings. The van der Waals surface area contributed by atoms with Crippen LogP contribution in [-0.2, 0) is 5.88 Å². The number of benzene rings is 2. The number of carbonyl (C=O) groups is 1. The van der Waals surface area contributed by atoms with Crippen molar-refractivity contribution in [1.29, 1.82) is 0 Å². The zero-order valence-electron chi connectivity index (χ0n) is 11.1. The molecule has 0 spiro atoms. The summed E-state index contributed by atoms with van der Waals surface area (Å²) in [4.78, 5) is 20.6. The van der Waals surface area contributed by atoms with Crippen LogP contribution in [0.4, 0.5) is 5.69 Å². The third-order valence-corrected chi connectivity index (χ3v) is 3.38. The summed E-state index contributed by atoms with van der Waals surface area (Å²) in [5.41, 5.74) is 3.67. The van der Waals surface area contributed by atoms with E-state index in [1.165, 1.54) is 0 Å². The molecule has 1 aromatic heterocycles. The minimum absolute atomic E-state index is 0.186. The number of amides is 1. The zero-order valence-corrected chi connectivity index (χ0v) is 11.8. The van der Waals surface area contributed by atoms with Gasteiger partial charge in [-0.15, -0.1) is 11.6 Å². The van der Waals surface area contributed by atoms with Crippen molar-refractivity contribution < 1.29 is 4.79 Å². The van der Waals surface area contributed by atoms with Gasteiger partial charge in [0.2, 0.25) is 0 Å². The molecule has 1 N–H and O–H groups in total. The minimum atomic E-state index is -0.186. The molecule has 5 heteroatoms. The molecule has 3 rings (SSSR count). The molecule has 1 heterocycles. The van der Waals surface area contributed by atoms with Gasteiger partial charge in [-0.1, -0.05) is 12.1 Å². The number of hydrogen-bond donors (Lipinski definition) is 1. The lowest BCUT2D eigenvalue weighted by atomic mass is 10.1. The highest BCUT2D eigenvalue weighted by Crippen LogP contribution is 2.15. The Morgan fingerprint density at radius 1 is 1.05 bits per heavy atom. The van der Waals surface area contributed by atoms with Crippen molar-refractivity contribution in [1.82, 2.24) is 9.97 Å². The van der Waals surface area contributed by atoms with E-state index in [0.717, 1.165) is 16.8 Å². The number of anilines is 1. The first kappa shape index (κ1) is 13.5. The summed E-state index contributed by atoms with van der Waals surface area (Å²) in [5, 5.41) is 2.85. The number of alkyl halides is 1. The van der Waals surface area contributed by atoms with Crippen LogP contribution in [0.25, 0.3) is 11.0 Å². The fourth-order valence-electron chi connectivity index (χ4n) is 2.04. The van der Waals surface area contributed by atoms with Crippen molar-refractivity contribution >= 4 is 34.2 Å². The number of rotatable bonds is 3. The Morgan fingerprint density at radius 2 is 1.86 bits per heavy atom.